The molecule has 0 bridgehead atoms. The number of aromatic nitrogens is 1. The molecule has 15 rings (SSSR count). The lowest BCUT2D eigenvalue weighted by Gasteiger charge is -2.39. The van der Waals surface area contributed by atoms with Gasteiger partial charge in [0.05, 0.1) is 22.1 Å². The third-order valence-corrected chi connectivity index (χ3v) is 16.4. The molecular weight excluding hydrogens is 869 g/mol. The van der Waals surface area contributed by atoms with E-state index in [4.69, 9.17) is 0 Å². The first kappa shape index (κ1) is 40.9. The van der Waals surface area contributed by atoms with E-state index in [0.29, 0.717) is 0 Å². The highest BCUT2D eigenvalue weighted by Gasteiger charge is 2.51. The van der Waals surface area contributed by atoms with Crippen LogP contribution in [0.25, 0.3) is 83.1 Å². The van der Waals surface area contributed by atoms with Crippen molar-refractivity contribution in [2.45, 2.75) is 24.7 Å². The van der Waals surface area contributed by atoms with Crippen LogP contribution in [0.1, 0.15) is 47.2 Å². The maximum absolute atomic E-state index is 2.52. The highest BCUT2D eigenvalue weighted by Crippen LogP contribution is 2.61. The number of benzene rings is 11. The Morgan fingerprint density at radius 1 is 0.306 bits per heavy atom. The minimum atomic E-state index is -0.527. The summed E-state index contributed by atoms with van der Waals surface area (Å²) in [7, 11) is 0. The molecule has 12 aromatic rings. The molecule has 2 nitrogen and oxygen atoms in total. The maximum Gasteiger partial charge on any atom is 0.0754 e. The van der Waals surface area contributed by atoms with E-state index in [1.807, 2.05) is 0 Å². The Morgan fingerprint density at radius 3 is 1.51 bits per heavy atom. The normalized spacial score (nSPS) is 15.2. The second-order valence-electron chi connectivity index (χ2n) is 20.4. The first-order valence-corrected chi connectivity index (χ1v) is 25.2. The molecule has 1 unspecified atom stereocenters. The number of hydrogen-bond acceptors (Lipinski definition) is 1. The zero-order chi connectivity index (χ0) is 47.7. The minimum Gasteiger partial charge on any atom is -0.310 e. The Kier molecular flexibility index (Phi) is 8.66. The number of nitrogens with zero attached hydrogens (tertiary/aromatic N) is 2. The summed E-state index contributed by atoms with van der Waals surface area (Å²) in [6, 6.07) is 95.3. The predicted octanol–water partition coefficient (Wildman–Crippen LogP) is 18.2. The SMILES string of the molecule is CC1(C)c2cc(-c3ccccc3)ccc2-c2ccc(N(c3cccc(-c4ccccc4)c3)c3cccc(-c4ccc5c(c4)C4(c6ccccc6-5)c5ccccc5-n5c6ccccc6c6cccc4c65)c3)cc21. The summed E-state index contributed by atoms with van der Waals surface area (Å²) in [6.07, 6.45) is 0. The average Bonchev–Trinajstić information content (AvgIpc) is 4.02. The summed E-state index contributed by atoms with van der Waals surface area (Å²) in [5, 5.41) is 2.57. The lowest BCUT2D eigenvalue weighted by atomic mass is 9.65. The topological polar surface area (TPSA) is 8.17 Å². The van der Waals surface area contributed by atoms with Crippen LogP contribution in [0, 0.1) is 0 Å². The van der Waals surface area contributed by atoms with E-state index >= 15 is 0 Å². The monoisotopic (exact) mass is 916 g/mol. The van der Waals surface area contributed by atoms with Gasteiger partial charge in [0.1, 0.15) is 0 Å². The first-order chi connectivity index (χ1) is 35.5. The van der Waals surface area contributed by atoms with Gasteiger partial charge in [0.15, 0.2) is 0 Å². The molecule has 0 saturated carbocycles. The molecule has 1 spiro atoms. The molecule has 2 heterocycles. The summed E-state index contributed by atoms with van der Waals surface area (Å²) in [6.45, 7) is 4.78. The van der Waals surface area contributed by atoms with E-state index in [1.165, 1.54) is 117 Å². The van der Waals surface area contributed by atoms with Crippen molar-refractivity contribution in [2.75, 3.05) is 4.90 Å². The van der Waals surface area contributed by atoms with Gasteiger partial charge >= 0.3 is 0 Å². The van der Waals surface area contributed by atoms with Gasteiger partial charge in [0, 0.05) is 33.2 Å². The molecule has 1 aromatic heterocycles. The molecule has 0 saturated heterocycles. The van der Waals surface area contributed by atoms with Crippen LogP contribution in [0.5, 0.6) is 0 Å². The van der Waals surface area contributed by atoms with Crippen molar-refractivity contribution in [1.82, 2.24) is 4.57 Å². The minimum absolute atomic E-state index is 0.209. The highest BCUT2D eigenvalue weighted by atomic mass is 15.1. The van der Waals surface area contributed by atoms with Crippen LogP contribution < -0.4 is 4.90 Å². The van der Waals surface area contributed by atoms with Crippen LogP contribution in [0.3, 0.4) is 0 Å². The smallest absolute Gasteiger partial charge is 0.0754 e. The summed E-state index contributed by atoms with van der Waals surface area (Å²) in [4.78, 5) is 2.46. The van der Waals surface area contributed by atoms with Gasteiger partial charge < -0.3 is 9.47 Å². The van der Waals surface area contributed by atoms with Crippen LogP contribution in [-0.4, -0.2) is 4.57 Å². The van der Waals surface area contributed by atoms with Gasteiger partial charge in [-0.25, -0.2) is 0 Å². The van der Waals surface area contributed by atoms with Crippen molar-refractivity contribution in [2.24, 2.45) is 0 Å². The molecule has 0 fully saturated rings. The van der Waals surface area contributed by atoms with Crippen LogP contribution in [0.4, 0.5) is 17.1 Å². The van der Waals surface area contributed by atoms with Gasteiger partial charge in [0.25, 0.3) is 0 Å². The van der Waals surface area contributed by atoms with Crippen LogP contribution in [-0.2, 0) is 10.8 Å². The van der Waals surface area contributed by atoms with E-state index in [-0.39, 0.29) is 5.41 Å². The lowest BCUT2D eigenvalue weighted by Crippen LogP contribution is -2.33. The van der Waals surface area contributed by atoms with Gasteiger partial charge in [-0.05, 0) is 150 Å². The van der Waals surface area contributed by atoms with E-state index in [9.17, 15) is 0 Å². The van der Waals surface area contributed by atoms with E-state index in [0.717, 1.165) is 17.1 Å². The molecule has 0 radical (unpaired) electrons. The molecular formula is C70H48N2. The highest BCUT2D eigenvalue weighted by molar-refractivity contribution is 6.13. The van der Waals surface area contributed by atoms with Gasteiger partial charge in [-0.1, -0.05) is 208 Å². The second kappa shape index (κ2) is 15.3. The zero-order valence-corrected chi connectivity index (χ0v) is 40.1. The van der Waals surface area contributed by atoms with Crippen molar-refractivity contribution in [3.05, 3.63) is 288 Å². The van der Waals surface area contributed by atoms with Gasteiger partial charge in [-0.3, -0.25) is 0 Å². The van der Waals surface area contributed by atoms with Gasteiger partial charge in [-0.2, -0.15) is 0 Å². The molecule has 72 heavy (non-hydrogen) atoms. The molecule has 338 valence electrons. The Balaban J connectivity index is 0.910. The fraction of sp³-hybridized carbons (Fsp3) is 0.0571. The summed E-state index contributed by atoms with van der Waals surface area (Å²) < 4.78 is 2.52. The van der Waals surface area contributed by atoms with E-state index in [1.54, 1.807) is 0 Å². The Labute approximate surface area is 420 Å². The van der Waals surface area contributed by atoms with Gasteiger partial charge in [0.2, 0.25) is 0 Å². The van der Waals surface area contributed by atoms with Crippen molar-refractivity contribution < 1.29 is 0 Å². The van der Waals surface area contributed by atoms with E-state index in [2.05, 4.69) is 278 Å². The molecule has 2 aliphatic carbocycles. The molecule has 3 aliphatic rings. The number of rotatable bonds is 6. The first-order valence-electron chi connectivity index (χ1n) is 25.2. The third-order valence-electron chi connectivity index (χ3n) is 16.4. The molecule has 2 heteroatoms. The molecule has 0 amide bonds. The summed E-state index contributed by atoms with van der Waals surface area (Å²) in [5.41, 5.74) is 26.8. The van der Waals surface area contributed by atoms with Crippen molar-refractivity contribution >= 4 is 38.9 Å². The fourth-order valence-corrected chi connectivity index (χ4v) is 13.1. The number of anilines is 3. The molecule has 11 aromatic carbocycles. The zero-order valence-electron chi connectivity index (χ0n) is 40.1. The number of hydrogen-bond donors (Lipinski definition) is 0. The maximum atomic E-state index is 2.52. The lowest BCUT2D eigenvalue weighted by molar-refractivity contribution is 0.660. The Hall–Kier alpha value is -8.98. The van der Waals surface area contributed by atoms with Gasteiger partial charge in [-0.15, -0.1) is 0 Å². The van der Waals surface area contributed by atoms with Crippen molar-refractivity contribution in [3.63, 3.8) is 0 Å². The summed E-state index contributed by atoms with van der Waals surface area (Å²) >= 11 is 0. The predicted molar refractivity (Wildman–Crippen MR) is 300 cm³/mol. The quantitative estimate of drug-likeness (QED) is 0.161. The van der Waals surface area contributed by atoms with Crippen molar-refractivity contribution in [1.29, 1.82) is 0 Å². The third kappa shape index (κ3) is 5.66. The van der Waals surface area contributed by atoms with Crippen LogP contribution in [0.15, 0.2) is 255 Å². The largest absolute Gasteiger partial charge is 0.310 e. The fourth-order valence-electron chi connectivity index (χ4n) is 13.1. The Morgan fingerprint density at radius 2 is 0.778 bits per heavy atom. The molecule has 1 atom stereocenters. The Bertz CT molecular complexity index is 4190. The number of para-hydroxylation sites is 3. The summed E-state index contributed by atoms with van der Waals surface area (Å²) in [5.74, 6) is 0. The van der Waals surface area contributed by atoms with Crippen LogP contribution in [0.2, 0.25) is 0 Å². The van der Waals surface area contributed by atoms with Crippen molar-refractivity contribution in [3.8, 4) is 61.3 Å². The molecule has 0 N–H and O–H groups in total. The molecule has 1 aliphatic heterocycles. The number of fused-ring (bicyclic) bond motifs is 15. The van der Waals surface area contributed by atoms with E-state index < -0.39 is 5.41 Å². The van der Waals surface area contributed by atoms with Crippen LogP contribution >= 0.6 is 0 Å². The standard InChI is InChI=1S/C70H48N2/c1-69(2)63-42-49(46-20-7-4-8-21-46)34-37-55(63)56-39-36-53(44-64(56)69)71(51-24-15-22-47(40-51)45-18-5-3-6-19-45)52-25-16-23-48(41-52)50-35-38-57-54-26-9-11-29-60(54)70(65(57)43-50)61-30-12-14-33-67(61)72-66-32-13-10-27-58(66)59-28-17-31-62(70)68(59)72/h3-44H,1-2H3. The second-order valence-corrected chi connectivity index (χ2v) is 20.4. The average molecular weight is 917 g/mol.